The first kappa shape index (κ1) is 14.6. The van der Waals surface area contributed by atoms with Gasteiger partial charge in [0.2, 0.25) is 0 Å². The van der Waals surface area contributed by atoms with Crippen LogP contribution in [0.15, 0.2) is 0 Å². The fourth-order valence-electron chi connectivity index (χ4n) is 1.03. The molecule has 4 nitrogen and oxygen atoms in total. The maximum atomic E-state index is 11.2. The van der Waals surface area contributed by atoms with Crippen LogP contribution in [0.4, 0.5) is 0 Å². The summed E-state index contributed by atoms with van der Waals surface area (Å²) in [6, 6.07) is 0. The van der Waals surface area contributed by atoms with E-state index in [4.69, 9.17) is 0 Å². The Bertz CT molecular complexity index is 208. The first-order valence-corrected chi connectivity index (χ1v) is 7.61. The molecule has 1 N–H and O–H groups in total. The normalized spacial score (nSPS) is 10.4. The second-order valence-corrected chi connectivity index (χ2v) is 5.39. The van der Waals surface area contributed by atoms with Crippen LogP contribution in [-0.4, -0.2) is 57.6 Å². The van der Waals surface area contributed by atoms with Crippen LogP contribution >= 0.6 is 0 Å². The summed E-state index contributed by atoms with van der Waals surface area (Å²) < 4.78 is 0.214. The first-order chi connectivity index (χ1) is 7.06. The molecule has 0 saturated heterocycles. The molecule has 0 unspecified atom stereocenters. The van der Waals surface area contributed by atoms with Crippen LogP contribution < -0.4 is 5.32 Å². The van der Waals surface area contributed by atoms with Gasteiger partial charge in [-0.1, -0.05) is 0 Å². The molecule has 0 saturated carbocycles. The van der Waals surface area contributed by atoms with Gasteiger partial charge in [0, 0.05) is 0 Å². The fourth-order valence-corrected chi connectivity index (χ4v) is 1.67. The Morgan fingerprint density at radius 1 is 1.27 bits per heavy atom. The van der Waals surface area contributed by atoms with E-state index in [-0.39, 0.29) is 25.5 Å². The average molecular weight is 279 g/mol. The number of carbonyl (C=O) groups excluding carboxylic acids is 2. The number of carbonyl (C=O) groups is 2. The van der Waals surface area contributed by atoms with Gasteiger partial charge in [0.25, 0.3) is 0 Å². The molecule has 0 atom stereocenters. The Kier molecular flexibility index (Phi) is 8.66. The number of hydrogen-bond donors (Lipinski definition) is 1. The summed E-state index contributed by atoms with van der Waals surface area (Å²) in [5.41, 5.74) is 0. The summed E-state index contributed by atoms with van der Waals surface area (Å²) in [6.07, 6.45) is 1.69. The van der Waals surface area contributed by atoms with E-state index in [2.05, 4.69) is 10.2 Å². The van der Waals surface area contributed by atoms with Crippen molar-refractivity contribution in [3.05, 3.63) is 0 Å². The van der Waals surface area contributed by atoms with Crippen molar-refractivity contribution >= 4 is 25.5 Å². The van der Waals surface area contributed by atoms with Gasteiger partial charge >= 0.3 is 97.6 Å². The second-order valence-electron chi connectivity index (χ2n) is 3.58. The Balaban J connectivity index is 3.37. The molecule has 0 aliphatic rings. The average Bonchev–Trinajstić information content (AvgIpc) is 2.20. The van der Waals surface area contributed by atoms with Gasteiger partial charge in [-0.25, -0.2) is 0 Å². The van der Waals surface area contributed by atoms with Crippen LogP contribution in [0.25, 0.3) is 0 Å². The van der Waals surface area contributed by atoms with E-state index >= 15 is 0 Å². The summed E-state index contributed by atoms with van der Waals surface area (Å²) in [7, 11) is 4.01. The van der Waals surface area contributed by atoms with E-state index in [0.717, 1.165) is 13.0 Å². The van der Waals surface area contributed by atoms with E-state index in [0.29, 0.717) is 19.4 Å². The fraction of sp³-hybridized carbons (Fsp3) is 0.800. The predicted molar refractivity (Wildman–Crippen MR) is 62.0 cm³/mol. The van der Waals surface area contributed by atoms with Gasteiger partial charge in [0.15, 0.2) is 0 Å². The number of hydrogen-bond acceptors (Lipinski definition) is 3. The molecule has 0 fully saturated rings. The molecular weight excluding hydrogens is 259 g/mol. The number of amides is 1. The van der Waals surface area contributed by atoms with Crippen molar-refractivity contribution in [3.63, 3.8) is 0 Å². The van der Waals surface area contributed by atoms with Gasteiger partial charge in [0.05, 0.1) is 0 Å². The molecule has 0 spiro atoms. The zero-order chi connectivity index (χ0) is 11.7. The maximum absolute atomic E-state index is 11.2. The molecule has 1 amide bonds. The van der Waals surface area contributed by atoms with Gasteiger partial charge in [-0.3, -0.25) is 0 Å². The third-order valence-electron chi connectivity index (χ3n) is 1.89. The van der Waals surface area contributed by atoms with Crippen LogP contribution in [0.5, 0.6) is 0 Å². The minimum atomic E-state index is -0.00800. The molecule has 0 aromatic heterocycles. The molecule has 15 heavy (non-hydrogen) atoms. The van der Waals surface area contributed by atoms with Crippen molar-refractivity contribution in [2.45, 2.75) is 25.1 Å². The van der Waals surface area contributed by atoms with Crippen molar-refractivity contribution in [2.24, 2.45) is 0 Å². The van der Waals surface area contributed by atoms with Crippen LogP contribution in [0.2, 0.25) is 5.82 Å². The number of nitrogens with one attached hydrogen (secondary N) is 1. The molecule has 0 rings (SSSR count). The van der Waals surface area contributed by atoms with Crippen molar-refractivity contribution in [1.82, 2.24) is 10.2 Å². The Morgan fingerprint density at radius 2 is 1.93 bits per heavy atom. The summed E-state index contributed by atoms with van der Waals surface area (Å²) >= 11 is 0.0329. The molecular formula is C10H20N2O2Se. The van der Waals surface area contributed by atoms with Crippen molar-refractivity contribution in [1.29, 1.82) is 0 Å². The van der Waals surface area contributed by atoms with Crippen LogP contribution in [0.3, 0.4) is 0 Å². The molecule has 0 aliphatic heterocycles. The van der Waals surface area contributed by atoms with E-state index in [1.54, 1.807) is 0 Å². The molecule has 0 aliphatic carbocycles. The SMILES string of the molecule is C[Se]C(=O)CCC(=O)NCCCN(C)C. The van der Waals surface area contributed by atoms with Crippen molar-refractivity contribution < 1.29 is 9.59 Å². The van der Waals surface area contributed by atoms with E-state index in [1.807, 2.05) is 19.9 Å². The number of rotatable bonds is 8. The standard InChI is InChI=1S/C10H20N2O2Se/c1-12(2)8-4-7-11-9(13)5-6-10(14)15-3/h4-8H2,1-3H3,(H,11,13). The summed E-state index contributed by atoms with van der Waals surface area (Å²) in [5, 5.41) is 2.81. The molecule has 0 heterocycles. The van der Waals surface area contributed by atoms with Gasteiger partial charge < -0.3 is 0 Å². The molecule has 0 aromatic rings. The zero-order valence-electron chi connectivity index (χ0n) is 9.71. The first-order valence-electron chi connectivity index (χ1n) is 5.04. The molecule has 0 bridgehead atoms. The predicted octanol–water partition coefficient (Wildman–Crippen LogP) is 0.113. The summed E-state index contributed by atoms with van der Waals surface area (Å²) in [6.45, 7) is 1.67. The Hall–Kier alpha value is -0.381. The van der Waals surface area contributed by atoms with Crippen molar-refractivity contribution in [2.75, 3.05) is 27.2 Å². The van der Waals surface area contributed by atoms with Crippen molar-refractivity contribution in [3.8, 4) is 0 Å². The summed E-state index contributed by atoms with van der Waals surface area (Å²) in [5.74, 6) is 1.87. The van der Waals surface area contributed by atoms with E-state index < -0.39 is 0 Å². The molecule has 0 radical (unpaired) electrons. The summed E-state index contributed by atoms with van der Waals surface area (Å²) in [4.78, 5) is 24.3. The number of nitrogens with zero attached hydrogens (tertiary/aromatic N) is 1. The van der Waals surface area contributed by atoms with Gasteiger partial charge in [-0.05, 0) is 0 Å². The zero-order valence-corrected chi connectivity index (χ0v) is 11.4. The minimum absolute atomic E-state index is 0.00800. The van der Waals surface area contributed by atoms with Crippen LogP contribution in [-0.2, 0) is 9.59 Å². The quantitative estimate of drug-likeness (QED) is 0.507. The van der Waals surface area contributed by atoms with Gasteiger partial charge in [0.1, 0.15) is 0 Å². The molecule has 88 valence electrons. The Morgan fingerprint density at radius 3 is 2.47 bits per heavy atom. The van der Waals surface area contributed by atoms with Gasteiger partial charge in [-0.15, -0.1) is 0 Å². The van der Waals surface area contributed by atoms with Crippen LogP contribution in [0, 0.1) is 0 Å². The topological polar surface area (TPSA) is 49.4 Å². The molecule has 0 aromatic carbocycles. The third-order valence-corrected chi connectivity index (χ3v) is 3.27. The monoisotopic (exact) mass is 280 g/mol. The molecule has 5 heteroatoms. The Labute approximate surface area is 97.9 Å². The van der Waals surface area contributed by atoms with Gasteiger partial charge in [-0.2, -0.15) is 0 Å². The van der Waals surface area contributed by atoms with Crippen LogP contribution in [0.1, 0.15) is 19.3 Å². The van der Waals surface area contributed by atoms with E-state index in [9.17, 15) is 9.59 Å². The van der Waals surface area contributed by atoms with E-state index in [1.165, 1.54) is 0 Å². The second kappa shape index (κ2) is 8.89. The third kappa shape index (κ3) is 9.91.